The van der Waals surface area contributed by atoms with Crippen LogP contribution < -0.4 is 10.6 Å². The molecule has 2 rings (SSSR count). The molecular formula is C14H19ClF2N2O. The van der Waals surface area contributed by atoms with E-state index in [1.165, 1.54) is 0 Å². The quantitative estimate of drug-likeness (QED) is 0.881. The molecular weight excluding hydrogens is 286 g/mol. The van der Waals surface area contributed by atoms with E-state index in [4.69, 9.17) is 0 Å². The van der Waals surface area contributed by atoms with E-state index in [0.717, 1.165) is 31.2 Å². The average molecular weight is 305 g/mol. The van der Waals surface area contributed by atoms with Crippen molar-refractivity contribution in [2.75, 3.05) is 6.54 Å². The second-order valence-corrected chi connectivity index (χ2v) is 5.17. The van der Waals surface area contributed by atoms with Crippen LogP contribution in [-0.4, -0.2) is 24.5 Å². The lowest BCUT2D eigenvalue weighted by atomic mass is 9.89. The van der Waals surface area contributed by atoms with Gasteiger partial charge in [0.05, 0.1) is 0 Å². The first-order chi connectivity index (χ1) is 8.97. The highest BCUT2D eigenvalue weighted by molar-refractivity contribution is 5.94. The highest BCUT2D eigenvalue weighted by Crippen LogP contribution is 2.17. The van der Waals surface area contributed by atoms with Crippen molar-refractivity contribution in [2.45, 2.75) is 32.4 Å². The van der Waals surface area contributed by atoms with Crippen molar-refractivity contribution in [3.05, 3.63) is 35.4 Å². The van der Waals surface area contributed by atoms with Crippen molar-refractivity contribution in [3.8, 4) is 0 Å². The molecule has 1 heterocycles. The van der Waals surface area contributed by atoms with Crippen LogP contribution >= 0.6 is 12.4 Å². The van der Waals surface area contributed by atoms with Gasteiger partial charge in [0.2, 0.25) is 0 Å². The van der Waals surface area contributed by atoms with Crippen LogP contribution in [0.4, 0.5) is 8.78 Å². The summed E-state index contributed by atoms with van der Waals surface area (Å²) in [6, 6.07) is 2.96. The molecule has 0 aliphatic carbocycles. The molecule has 0 spiro atoms. The second kappa shape index (κ2) is 6.99. The minimum atomic E-state index is -0.743. The smallest absolute Gasteiger partial charge is 0.251 e. The molecule has 0 radical (unpaired) electrons. The number of halogens is 3. The van der Waals surface area contributed by atoms with Gasteiger partial charge in [0.1, 0.15) is 11.6 Å². The van der Waals surface area contributed by atoms with Crippen LogP contribution in [-0.2, 0) is 0 Å². The Labute approximate surface area is 123 Å². The van der Waals surface area contributed by atoms with Crippen molar-refractivity contribution < 1.29 is 13.6 Å². The summed E-state index contributed by atoms with van der Waals surface area (Å²) < 4.78 is 26.2. The zero-order valence-electron chi connectivity index (χ0n) is 11.5. The first-order valence-electron chi connectivity index (χ1n) is 6.47. The summed E-state index contributed by atoms with van der Waals surface area (Å²) in [6.45, 7) is 4.98. The Kier molecular flexibility index (Phi) is 5.89. The standard InChI is InChI=1S/C14H18F2N2O.ClH/c1-8-3-4-17-9(2)13(8)18-14(19)10-5-11(15)7-12(16)6-10;/h5-9,13,17H,3-4H2,1-2H3,(H,18,19);1H. The van der Waals surface area contributed by atoms with E-state index in [1.807, 2.05) is 6.92 Å². The first kappa shape index (κ1) is 16.9. The third-order valence-electron chi connectivity index (χ3n) is 3.64. The zero-order valence-corrected chi connectivity index (χ0v) is 12.3. The summed E-state index contributed by atoms with van der Waals surface area (Å²) >= 11 is 0. The molecule has 0 saturated carbocycles. The molecule has 1 aliphatic heterocycles. The molecule has 1 aromatic rings. The Morgan fingerprint density at radius 3 is 2.40 bits per heavy atom. The minimum Gasteiger partial charge on any atom is -0.347 e. The van der Waals surface area contributed by atoms with E-state index < -0.39 is 17.5 Å². The maximum Gasteiger partial charge on any atom is 0.251 e. The predicted octanol–water partition coefficient (Wildman–Crippen LogP) is 2.50. The Hall–Kier alpha value is -1.20. The summed E-state index contributed by atoms with van der Waals surface area (Å²) in [6.07, 6.45) is 0.965. The molecule has 1 aliphatic rings. The number of nitrogens with one attached hydrogen (secondary N) is 2. The number of benzene rings is 1. The van der Waals surface area contributed by atoms with Crippen molar-refractivity contribution in [2.24, 2.45) is 5.92 Å². The largest absolute Gasteiger partial charge is 0.347 e. The van der Waals surface area contributed by atoms with Crippen LogP contribution in [0.5, 0.6) is 0 Å². The van der Waals surface area contributed by atoms with Crippen molar-refractivity contribution >= 4 is 18.3 Å². The Morgan fingerprint density at radius 1 is 1.25 bits per heavy atom. The number of hydrogen-bond acceptors (Lipinski definition) is 2. The molecule has 6 heteroatoms. The van der Waals surface area contributed by atoms with Gasteiger partial charge in [-0.3, -0.25) is 4.79 Å². The second-order valence-electron chi connectivity index (χ2n) is 5.17. The molecule has 0 bridgehead atoms. The van der Waals surface area contributed by atoms with Gasteiger partial charge in [-0.15, -0.1) is 12.4 Å². The van der Waals surface area contributed by atoms with E-state index in [1.54, 1.807) is 0 Å². The Bertz CT molecular complexity index is 454. The highest BCUT2D eigenvalue weighted by atomic mass is 35.5. The van der Waals surface area contributed by atoms with Gasteiger partial charge in [0.25, 0.3) is 5.91 Å². The summed E-state index contributed by atoms with van der Waals surface area (Å²) in [7, 11) is 0. The summed E-state index contributed by atoms with van der Waals surface area (Å²) in [5, 5.41) is 6.13. The van der Waals surface area contributed by atoms with Gasteiger partial charge in [0, 0.05) is 23.7 Å². The lowest BCUT2D eigenvalue weighted by Gasteiger charge is -2.36. The van der Waals surface area contributed by atoms with Crippen LogP contribution in [0, 0.1) is 17.6 Å². The van der Waals surface area contributed by atoms with E-state index >= 15 is 0 Å². The van der Waals surface area contributed by atoms with Gasteiger partial charge in [-0.25, -0.2) is 8.78 Å². The van der Waals surface area contributed by atoms with E-state index in [-0.39, 0.29) is 30.1 Å². The van der Waals surface area contributed by atoms with Gasteiger partial charge < -0.3 is 10.6 Å². The summed E-state index contributed by atoms with van der Waals surface area (Å²) in [5.41, 5.74) is 0.0162. The lowest BCUT2D eigenvalue weighted by molar-refractivity contribution is 0.0896. The predicted molar refractivity (Wildman–Crippen MR) is 76.1 cm³/mol. The molecule has 0 aromatic heterocycles. The van der Waals surface area contributed by atoms with Gasteiger partial charge in [-0.2, -0.15) is 0 Å². The van der Waals surface area contributed by atoms with Crippen LogP contribution in [0.15, 0.2) is 18.2 Å². The maximum atomic E-state index is 13.1. The number of piperidine rings is 1. The molecule has 2 N–H and O–H groups in total. The number of carbonyl (C=O) groups excluding carboxylic acids is 1. The number of amides is 1. The van der Waals surface area contributed by atoms with Crippen molar-refractivity contribution in [1.82, 2.24) is 10.6 Å². The average Bonchev–Trinajstić information content (AvgIpc) is 2.32. The monoisotopic (exact) mass is 304 g/mol. The Balaban J connectivity index is 0.00000200. The molecule has 1 fully saturated rings. The summed E-state index contributed by atoms with van der Waals surface area (Å²) in [4.78, 5) is 12.0. The van der Waals surface area contributed by atoms with Crippen LogP contribution in [0.3, 0.4) is 0 Å². The fourth-order valence-electron chi connectivity index (χ4n) is 2.52. The molecule has 1 amide bonds. The zero-order chi connectivity index (χ0) is 14.0. The van der Waals surface area contributed by atoms with Gasteiger partial charge in [0.15, 0.2) is 0 Å². The maximum absolute atomic E-state index is 13.1. The SMILES string of the molecule is CC1CCNC(C)C1NC(=O)c1cc(F)cc(F)c1.Cl. The topological polar surface area (TPSA) is 41.1 Å². The third kappa shape index (κ3) is 3.90. The molecule has 3 atom stereocenters. The van der Waals surface area contributed by atoms with Crippen LogP contribution in [0.2, 0.25) is 0 Å². The minimum absolute atomic E-state index is 0. The van der Waals surface area contributed by atoms with E-state index in [0.29, 0.717) is 5.92 Å². The lowest BCUT2D eigenvalue weighted by Crippen LogP contribution is -2.55. The molecule has 20 heavy (non-hydrogen) atoms. The fourth-order valence-corrected chi connectivity index (χ4v) is 2.52. The normalized spacial score (nSPS) is 25.7. The molecule has 1 aromatic carbocycles. The fraction of sp³-hybridized carbons (Fsp3) is 0.500. The molecule has 3 unspecified atom stereocenters. The van der Waals surface area contributed by atoms with Crippen molar-refractivity contribution in [1.29, 1.82) is 0 Å². The number of rotatable bonds is 2. The first-order valence-corrected chi connectivity index (χ1v) is 6.47. The van der Waals surface area contributed by atoms with Gasteiger partial charge in [-0.1, -0.05) is 6.92 Å². The van der Waals surface area contributed by atoms with Gasteiger partial charge >= 0.3 is 0 Å². The van der Waals surface area contributed by atoms with Gasteiger partial charge in [-0.05, 0) is 37.9 Å². The number of hydrogen-bond donors (Lipinski definition) is 2. The van der Waals surface area contributed by atoms with E-state index in [9.17, 15) is 13.6 Å². The van der Waals surface area contributed by atoms with Crippen LogP contribution in [0.1, 0.15) is 30.6 Å². The molecule has 3 nitrogen and oxygen atoms in total. The van der Waals surface area contributed by atoms with E-state index in [2.05, 4.69) is 17.6 Å². The van der Waals surface area contributed by atoms with Crippen molar-refractivity contribution in [3.63, 3.8) is 0 Å². The Morgan fingerprint density at radius 2 is 1.85 bits per heavy atom. The highest BCUT2D eigenvalue weighted by Gasteiger charge is 2.29. The molecule has 112 valence electrons. The number of carbonyl (C=O) groups is 1. The summed E-state index contributed by atoms with van der Waals surface area (Å²) in [5.74, 6) is -1.59. The third-order valence-corrected chi connectivity index (χ3v) is 3.64. The molecule has 1 saturated heterocycles. The van der Waals surface area contributed by atoms with Crippen LogP contribution in [0.25, 0.3) is 0 Å².